The zero-order chi connectivity index (χ0) is 19.0. The van der Waals surface area contributed by atoms with Gasteiger partial charge in [0.05, 0.1) is 11.8 Å². The number of carbonyl (C=O) groups excluding carboxylic acids is 1. The number of amides is 1. The lowest BCUT2D eigenvalue weighted by atomic mass is 9.96. The minimum absolute atomic E-state index is 0.113. The summed E-state index contributed by atoms with van der Waals surface area (Å²) >= 11 is -0.390. The summed E-state index contributed by atoms with van der Waals surface area (Å²) in [4.78, 5) is 23.8. The van der Waals surface area contributed by atoms with Gasteiger partial charge in [0.1, 0.15) is 0 Å². The van der Waals surface area contributed by atoms with Gasteiger partial charge in [0, 0.05) is 23.5 Å². The molecule has 0 spiro atoms. The maximum Gasteiger partial charge on any atom is 0.446 e. The van der Waals surface area contributed by atoms with Crippen molar-refractivity contribution in [1.29, 1.82) is 0 Å². The lowest BCUT2D eigenvalue weighted by Gasteiger charge is -2.18. The van der Waals surface area contributed by atoms with Gasteiger partial charge in [0.2, 0.25) is 0 Å². The van der Waals surface area contributed by atoms with Crippen LogP contribution in [-0.2, 0) is 4.79 Å². The molecule has 0 aliphatic carbocycles. The summed E-state index contributed by atoms with van der Waals surface area (Å²) in [6, 6.07) is 4.18. The van der Waals surface area contributed by atoms with Gasteiger partial charge in [-0.15, -0.1) is 0 Å². The fraction of sp³-hybridized carbons (Fsp3) is 0.429. The Hall–Kier alpha value is -1.91. The molecule has 1 aromatic rings. The van der Waals surface area contributed by atoms with Gasteiger partial charge in [-0.25, -0.2) is 0 Å². The molecule has 1 amide bonds. The van der Waals surface area contributed by atoms with Crippen LogP contribution in [0.5, 0.6) is 0 Å². The first-order valence-electron chi connectivity index (χ1n) is 6.83. The molecule has 11 heteroatoms. The monoisotopic (exact) mass is 387 g/mol. The number of halogens is 6. The van der Waals surface area contributed by atoms with E-state index in [9.17, 15) is 35.9 Å². The highest BCUT2D eigenvalue weighted by molar-refractivity contribution is 8.00. The van der Waals surface area contributed by atoms with E-state index >= 15 is 0 Å². The number of nitrogens with zero attached hydrogens (tertiary/aromatic N) is 1. The topological polar surface area (TPSA) is 57.6 Å². The van der Waals surface area contributed by atoms with E-state index in [1.165, 1.54) is 0 Å². The Morgan fingerprint density at radius 1 is 1.04 bits per heavy atom. The smallest absolute Gasteiger partial charge is 0.446 e. The number of rotatable bonds is 3. The second-order valence-electron chi connectivity index (χ2n) is 5.38. The summed E-state index contributed by atoms with van der Waals surface area (Å²) in [7, 11) is 0. The van der Waals surface area contributed by atoms with E-state index in [1.807, 2.05) is 0 Å². The van der Waals surface area contributed by atoms with Crippen molar-refractivity contribution in [2.75, 3.05) is 13.1 Å². The Bertz CT molecular complexity index is 658. The Labute approximate surface area is 141 Å². The summed E-state index contributed by atoms with van der Waals surface area (Å²) in [5, 5.41) is 8.91. The molecule has 0 bridgehead atoms. The van der Waals surface area contributed by atoms with Crippen molar-refractivity contribution in [2.24, 2.45) is 11.8 Å². The Balaban J connectivity index is 2.14. The van der Waals surface area contributed by atoms with Gasteiger partial charge in [0.15, 0.2) is 0 Å². The molecular formula is C14H11F6NO3S. The standard InChI is InChI=1S/C14H11F6NO3S/c15-13(16,17)10-6-21(5-9(10)12(23)24)11(22)7-1-3-8(4-2-7)25-14(18,19)20/h1-4,9-10H,5-6H2,(H,23,24)/t9-,10-/m1/s1. The number of benzene rings is 1. The number of carboxylic acids is 1. The first-order valence-corrected chi connectivity index (χ1v) is 7.65. The van der Waals surface area contributed by atoms with E-state index in [-0.39, 0.29) is 22.2 Å². The van der Waals surface area contributed by atoms with Gasteiger partial charge >= 0.3 is 17.7 Å². The molecule has 1 saturated heterocycles. The van der Waals surface area contributed by atoms with E-state index in [0.717, 1.165) is 29.2 Å². The highest BCUT2D eigenvalue weighted by Crippen LogP contribution is 2.39. The quantitative estimate of drug-likeness (QED) is 0.636. The van der Waals surface area contributed by atoms with E-state index < -0.39 is 48.5 Å². The van der Waals surface area contributed by atoms with Crippen LogP contribution in [0.25, 0.3) is 0 Å². The molecule has 2 rings (SSSR count). The van der Waals surface area contributed by atoms with Gasteiger partial charge in [-0.1, -0.05) is 0 Å². The third kappa shape index (κ3) is 4.80. The second kappa shape index (κ2) is 6.77. The summed E-state index contributed by atoms with van der Waals surface area (Å²) in [6.07, 6.45) is -4.77. The molecule has 25 heavy (non-hydrogen) atoms. The van der Waals surface area contributed by atoms with E-state index in [1.54, 1.807) is 0 Å². The van der Waals surface area contributed by atoms with E-state index in [4.69, 9.17) is 5.11 Å². The average Bonchev–Trinajstić information content (AvgIpc) is 2.91. The number of hydrogen-bond acceptors (Lipinski definition) is 3. The fourth-order valence-electron chi connectivity index (χ4n) is 2.53. The first kappa shape index (κ1) is 19.4. The molecule has 1 aliphatic rings. The van der Waals surface area contributed by atoms with Crippen molar-refractivity contribution in [3.8, 4) is 0 Å². The van der Waals surface area contributed by atoms with Crippen molar-refractivity contribution >= 4 is 23.6 Å². The van der Waals surface area contributed by atoms with Gasteiger partial charge < -0.3 is 10.0 Å². The zero-order valence-corrected chi connectivity index (χ0v) is 13.1. The fourth-order valence-corrected chi connectivity index (χ4v) is 3.07. The van der Waals surface area contributed by atoms with Crippen molar-refractivity contribution in [2.45, 2.75) is 16.6 Å². The van der Waals surface area contributed by atoms with Crippen LogP contribution in [0, 0.1) is 11.8 Å². The maximum absolute atomic E-state index is 12.9. The van der Waals surface area contributed by atoms with Crippen molar-refractivity contribution in [3.63, 3.8) is 0 Å². The number of alkyl halides is 6. The molecule has 4 nitrogen and oxygen atoms in total. The lowest BCUT2D eigenvalue weighted by Crippen LogP contribution is -2.34. The number of hydrogen-bond donors (Lipinski definition) is 1. The minimum atomic E-state index is -4.77. The molecule has 0 aromatic heterocycles. The molecule has 1 N–H and O–H groups in total. The second-order valence-corrected chi connectivity index (χ2v) is 6.51. The van der Waals surface area contributed by atoms with Crippen molar-refractivity contribution < 1.29 is 41.0 Å². The number of thioether (sulfide) groups is 1. The molecule has 0 unspecified atom stereocenters. The number of carbonyl (C=O) groups is 2. The van der Waals surface area contributed by atoms with E-state index in [2.05, 4.69) is 0 Å². The highest BCUT2D eigenvalue weighted by atomic mass is 32.2. The molecule has 1 fully saturated rings. The Kier molecular flexibility index (Phi) is 5.26. The summed E-state index contributed by atoms with van der Waals surface area (Å²) in [6.45, 7) is -1.42. The lowest BCUT2D eigenvalue weighted by molar-refractivity contribution is -0.187. The van der Waals surface area contributed by atoms with Crippen LogP contribution >= 0.6 is 11.8 Å². The first-order chi connectivity index (χ1) is 11.4. The van der Waals surface area contributed by atoms with Crippen molar-refractivity contribution in [3.05, 3.63) is 29.8 Å². The highest BCUT2D eigenvalue weighted by Gasteiger charge is 2.53. The maximum atomic E-state index is 12.9. The molecule has 0 radical (unpaired) electrons. The average molecular weight is 387 g/mol. The Morgan fingerprint density at radius 3 is 2.00 bits per heavy atom. The summed E-state index contributed by atoms with van der Waals surface area (Å²) in [5.41, 5.74) is -4.62. The minimum Gasteiger partial charge on any atom is -0.481 e. The summed E-state index contributed by atoms with van der Waals surface area (Å²) < 4.78 is 75.5. The molecule has 2 atom stereocenters. The van der Waals surface area contributed by atoms with Crippen LogP contribution in [0.1, 0.15) is 10.4 Å². The van der Waals surface area contributed by atoms with Gasteiger partial charge in [0.25, 0.3) is 5.91 Å². The molecule has 138 valence electrons. The van der Waals surface area contributed by atoms with E-state index in [0.29, 0.717) is 0 Å². The van der Waals surface area contributed by atoms with Crippen molar-refractivity contribution in [1.82, 2.24) is 4.90 Å². The SMILES string of the molecule is O=C(O)[C@@H]1CN(C(=O)c2ccc(SC(F)(F)F)cc2)C[C@H]1C(F)(F)F. The number of likely N-dealkylation sites (tertiary alicyclic amines) is 1. The largest absolute Gasteiger partial charge is 0.481 e. The van der Waals surface area contributed by atoms with Crippen LogP contribution in [0.2, 0.25) is 0 Å². The predicted molar refractivity (Wildman–Crippen MR) is 74.9 cm³/mol. The molecule has 1 heterocycles. The normalized spacial score (nSPS) is 21.4. The molecule has 0 saturated carbocycles. The summed E-state index contributed by atoms with van der Waals surface area (Å²) in [5.74, 6) is -6.48. The van der Waals surface area contributed by atoms with Gasteiger partial charge in [-0.05, 0) is 36.0 Å². The van der Waals surface area contributed by atoms with Gasteiger partial charge in [-0.2, -0.15) is 26.3 Å². The zero-order valence-electron chi connectivity index (χ0n) is 12.3. The third-order valence-corrected chi connectivity index (χ3v) is 4.42. The third-order valence-electron chi connectivity index (χ3n) is 3.68. The van der Waals surface area contributed by atoms with Gasteiger partial charge in [-0.3, -0.25) is 9.59 Å². The van der Waals surface area contributed by atoms with Crippen LogP contribution in [-0.4, -0.2) is 46.7 Å². The molecule has 1 aliphatic heterocycles. The molecular weight excluding hydrogens is 376 g/mol. The van der Waals surface area contributed by atoms with Crippen LogP contribution < -0.4 is 0 Å². The van der Waals surface area contributed by atoms with Crippen LogP contribution in [0.3, 0.4) is 0 Å². The predicted octanol–water partition coefficient (Wildman–Crippen LogP) is 3.63. The van der Waals surface area contributed by atoms with Crippen LogP contribution in [0.15, 0.2) is 29.2 Å². The Morgan fingerprint density at radius 2 is 1.60 bits per heavy atom. The van der Waals surface area contributed by atoms with Crippen LogP contribution in [0.4, 0.5) is 26.3 Å². The number of carboxylic acid groups (broad SMARTS) is 1. The molecule has 1 aromatic carbocycles. The number of aliphatic carboxylic acids is 1.